The van der Waals surface area contributed by atoms with Crippen LogP contribution >= 0.6 is 11.6 Å². The number of ether oxygens (including phenoxy) is 1. The lowest BCUT2D eigenvalue weighted by Gasteiger charge is -2.49. The first-order chi connectivity index (χ1) is 14.5. The lowest BCUT2D eigenvalue weighted by atomic mass is 9.88. The van der Waals surface area contributed by atoms with Gasteiger partial charge < -0.3 is 14.5 Å². The van der Waals surface area contributed by atoms with E-state index in [1.807, 2.05) is 19.1 Å². The molecule has 1 atom stereocenters. The van der Waals surface area contributed by atoms with Crippen molar-refractivity contribution in [2.24, 2.45) is 0 Å². The van der Waals surface area contributed by atoms with Gasteiger partial charge in [0.2, 0.25) is 0 Å². The molecular weight excluding hydrogens is 405 g/mol. The molecule has 1 aromatic carbocycles. The first-order valence-corrected chi connectivity index (χ1v) is 10.9. The fourth-order valence-corrected chi connectivity index (χ4v) is 4.73. The number of piperidine rings is 1. The molecule has 2 fully saturated rings. The summed E-state index contributed by atoms with van der Waals surface area (Å²) in [4.78, 5) is 21.5. The van der Waals surface area contributed by atoms with E-state index < -0.39 is 5.82 Å². The molecule has 2 aromatic rings. The van der Waals surface area contributed by atoms with Crippen molar-refractivity contribution in [3.05, 3.63) is 64.7 Å². The molecule has 7 heteroatoms. The van der Waals surface area contributed by atoms with Gasteiger partial charge in [-0.3, -0.25) is 9.78 Å². The SMILES string of the molecule is CC1CN(C(=O)c2ccccc2F)CC2(CCN(CCc3ncccc3Cl)CC2)O1. The quantitative estimate of drug-likeness (QED) is 0.738. The second-order valence-electron chi connectivity index (χ2n) is 8.30. The predicted molar refractivity (Wildman–Crippen MR) is 114 cm³/mol. The molecule has 0 bridgehead atoms. The van der Waals surface area contributed by atoms with Gasteiger partial charge in [0.25, 0.3) is 5.91 Å². The van der Waals surface area contributed by atoms with E-state index in [1.54, 1.807) is 29.3 Å². The fraction of sp³-hybridized carbons (Fsp3) is 0.478. The maximum Gasteiger partial charge on any atom is 0.257 e. The van der Waals surface area contributed by atoms with E-state index in [4.69, 9.17) is 16.3 Å². The summed E-state index contributed by atoms with van der Waals surface area (Å²) in [7, 11) is 0. The Morgan fingerprint density at radius 2 is 2.03 bits per heavy atom. The number of hydrogen-bond donors (Lipinski definition) is 0. The Balaban J connectivity index is 1.37. The average molecular weight is 432 g/mol. The van der Waals surface area contributed by atoms with Crippen molar-refractivity contribution in [3.63, 3.8) is 0 Å². The highest BCUT2D eigenvalue weighted by Gasteiger charge is 2.43. The molecule has 1 amide bonds. The third kappa shape index (κ3) is 4.66. The van der Waals surface area contributed by atoms with Crippen LogP contribution in [0.5, 0.6) is 0 Å². The number of rotatable bonds is 4. The maximum absolute atomic E-state index is 14.1. The van der Waals surface area contributed by atoms with Gasteiger partial charge >= 0.3 is 0 Å². The van der Waals surface area contributed by atoms with Crippen molar-refractivity contribution in [1.82, 2.24) is 14.8 Å². The Morgan fingerprint density at radius 3 is 2.77 bits per heavy atom. The molecule has 1 unspecified atom stereocenters. The summed E-state index contributed by atoms with van der Waals surface area (Å²) in [6.45, 7) is 5.64. The zero-order valence-corrected chi connectivity index (χ0v) is 17.9. The Morgan fingerprint density at radius 1 is 1.27 bits per heavy atom. The molecule has 2 aliphatic heterocycles. The van der Waals surface area contributed by atoms with E-state index in [0.29, 0.717) is 18.1 Å². The van der Waals surface area contributed by atoms with Crippen LogP contribution in [-0.4, -0.2) is 65.1 Å². The molecule has 0 N–H and O–H groups in total. The number of amides is 1. The fourth-order valence-electron chi connectivity index (χ4n) is 4.51. The number of benzene rings is 1. The molecule has 5 nitrogen and oxygen atoms in total. The monoisotopic (exact) mass is 431 g/mol. The van der Waals surface area contributed by atoms with Gasteiger partial charge in [-0.2, -0.15) is 0 Å². The van der Waals surface area contributed by atoms with Crippen LogP contribution in [0.25, 0.3) is 0 Å². The van der Waals surface area contributed by atoms with Gasteiger partial charge in [0, 0.05) is 38.8 Å². The standard InChI is InChI=1S/C23H27ClFN3O2/c1-17-15-28(22(29)18-5-2-3-7-20(18)25)16-23(30-17)9-13-27(14-10-23)12-8-21-19(24)6-4-11-26-21/h2-7,11,17H,8-10,12-16H2,1H3. The van der Waals surface area contributed by atoms with Gasteiger partial charge in [-0.1, -0.05) is 23.7 Å². The van der Waals surface area contributed by atoms with Crippen molar-refractivity contribution >= 4 is 17.5 Å². The van der Waals surface area contributed by atoms with Gasteiger partial charge in [-0.25, -0.2) is 4.39 Å². The van der Waals surface area contributed by atoms with E-state index >= 15 is 0 Å². The number of carbonyl (C=O) groups excluding carboxylic acids is 1. The van der Waals surface area contributed by atoms with Crippen LogP contribution < -0.4 is 0 Å². The molecule has 3 heterocycles. The number of nitrogens with zero attached hydrogens (tertiary/aromatic N) is 3. The largest absolute Gasteiger partial charge is 0.368 e. The Hall–Kier alpha value is -2.02. The van der Waals surface area contributed by atoms with E-state index in [0.717, 1.165) is 44.6 Å². The molecule has 30 heavy (non-hydrogen) atoms. The zero-order chi connectivity index (χ0) is 21.1. The highest BCUT2D eigenvalue weighted by atomic mass is 35.5. The topological polar surface area (TPSA) is 45.7 Å². The van der Waals surface area contributed by atoms with E-state index in [-0.39, 0.29) is 23.2 Å². The normalized spacial score (nSPS) is 21.7. The van der Waals surface area contributed by atoms with Gasteiger partial charge in [-0.05, 0) is 44.0 Å². The molecule has 0 radical (unpaired) electrons. The molecule has 1 spiro atoms. The maximum atomic E-state index is 14.1. The van der Waals surface area contributed by atoms with Crippen LogP contribution in [-0.2, 0) is 11.2 Å². The summed E-state index contributed by atoms with van der Waals surface area (Å²) in [5, 5.41) is 0.706. The van der Waals surface area contributed by atoms with Crippen LogP contribution in [0, 0.1) is 5.82 Å². The third-order valence-electron chi connectivity index (χ3n) is 6.07. The van der Waals surface area contributed by atoms with Gasteiger partial charge in [-0.15, -0.1) is 0 Å². The number of morpholine rings is 1. The van der Waals surface area contributed by atoms with Crippen molar-refractivity contribution < 1.29 is 13.9 Å². The Kier molecular flexibility index (Phi) is 6.37. The molecule has 160 valence electrons. The molecule has 0 saturated carbocycles. The molecule has 2 saturated heterocycles. The summed E-state index contributed by atoms with van der Waals surface area (Å²) >= 11 is 6.22. The molecule has 0 aliphatic carbocycles. The first kappa shape index (κ1) is 21.2. The van der Waals surface area contributed by atoms with Crippen LogP contribution in [0.4, 0.5) is 4.39 Å². The minimum Gasteiger partial charge on any atom is -0.368 e. The van der Waals surface area contributed by atoms with Crippen LogP contribution in [0.2, 0.25) is 5.02 Å². The van der Waals surface area contributed by atoms with Crippen molar-refractivity contribution in [2.75, 3.05) is 32.7 Å². The predicted octanol–water partition coefficient (Wildman–Crippen LogP) is 3.81. The van der Waals surface area contributed by atoms with Gasteiger partial charge in [0.1, 0.15) is 5.82 Å². The van der Waals surface area contributed by atoms with Crippen LogP contribution in [0.15, 0.2) is 42.6 Å². The first-order valence-electron chi connectivity index (χ1n) is 10.5. The second-order valence-corrected chi connectivity index (χ2v) is 8.71. The number of halogens is 2. The number of aromatic nitrogens is 1. The summed E-state index contributed by atoms with van der Waals surface area (Å²) in [5.74, 6) is -0.728. The lowest BCUT2D eigenvalue weighted by molar-refractivity contribution is -0.161. The molecule has 2 aliphatic rings. The molecule has 4 rings (SSSR count). The number of hydrogen-bond acceptors (Lipinski definition) is 4. The second kappa shape index (κ2) is 9.00. The van der Waals surface area contributed by atoms with Crippen molar-refractivity contribution in [2.45, 2.75) is 37.9 Å². The van der Waals surface area contributed by atoms with E-state index in [2.05, 4.69) is 9.88 Å². The third-order valence-corrected chi connectivity index (χ3v) is 6.41. The zero-order valence-electron chi connectivity index (χ0n) is 17.2. The number of carbonyl (C=O) groups is 1. The average Bonchev–Trinajstić information content (AvgIpc) is 2.74. The summed E-state index contributed by atoms with van der Waals surface area (Å²) in [6.07, 6.45) is 4.18. The van der Waals surface area contributed by atoms with Crippen LogP contribution in [0.3, 0.4) is 0 Å². The summed E-state index contributed by atoms with van der Waals surface area (Å²) in [5.41, 5.74) is 0.688. The van der Waals surface area contributed by atoms with E-state index in [9.17, 15) is 9.18 Å². The number of pyridine rings is 1. The Labute approximate surface area is 181 Å². The smallest absolute Gasteiger partial charge is 0.257 e. The van der Waals surface area contributed by atoms with Gasteiger partial charge in [0.15, 0.2) is 0 Å². The number of likely N-dealkylation sites (tertiary alicyclic amines) is 1. The molecular formula is C23H27ClFN3O2. The highest BCUT2D eigenvalue weighted by Crippen LogP contribution is 2.33. The molecule has 1 aromatic heterocycles. The van der Waals surface area contributed by atoms with Gasteiger partial charge in [0.05, 0.1) is 34.5 Å². The lowest BCUT2D eigenvalue weighted by Crippen LogP contribution is -2.60. The minimum atomic E-state index is -0.473. The summed E-state index contributed by atoms with van der Waals surface area (Å²) < 4.78 is 20.5. The van der Waals surface area contributed by atoms with Crippen molar-refractivity contribution in [3.8, 4) is 0 Å². The van der Waals surface area contributed by atoms with Crippen molar-refractivity contribution in [1.29, 1.82) is 0 Å². The van der Waals surface area contributed by atoms with Crippen LogP contribution in [0.1, 0.15) is 35.8 Å². The van der Waals surface area contributed by atoms with E-state index in [1.165, 1.54) is 6.07 Å². The summed E-state index contributed by atoms with van der Waals surface area (Å²) in [6, 6.07) is 9.89. The Bertz CT molecular complexity index is 902. The highest BCUT2D eigenvalue weighted by molar-refractivity contribution is 6.31. The minimum absolute atomic E-state index is 0.0756.